The van der Waals surface area contributed by atoms with E-state index >= 15 is 0 Å². The molecule has 2 aromatic rings. The summed E-state index contributed by atoms with van der Waals surface area (Å²) >= 11 is 11.7. The molecular weight excluding hydrogens is 362 g/mol. The number of hydrogen-bond acceptors (Lipinski definition) is 2. The first-order chi connectivity index (χ1) is 12.6. The zero-order valence-corrected chi connectivity index (χ0v) is 16.6. The number of hydrogen-bond donors (Lipinski definition) is 1. The van der Waals surface area contributed by atoms with E-state index in [0.29, 0.717) is 0 Å². The molecule has 0 amide bonds. The van der Waals surface area contributed by atoms with Gasteiger partial charge in [-0.15, -0.1) is 0 Å². The number of piperazine rings is 1. The highest BCUT2D eigenvalue weighted by Crippen LogP contribution is 2.20. The fraction of sp³-hybridized carbons (Fsp3) is 0.286. The molecule has 0 aromatic heterocycles. The van der Waals surface area contributed by atoms with Crippen LogP contribution in [0.25, 0.3) is 6.08 Å². The third-order valence-corrected chi connectivity index (χ3v) is 5.32. The minimum absolute atomic E-state index is 0.757. The van der Waals surface area contributed by atoms with E-state index in [0.717, 1.165) is 54.1 Å². The summed E-state index contributed by atoms with van der Waals surface area (Å²) < 4.78 is 0. The highest BCUT2D eigenvalue weighted by molar-refractivity contribution is 7.80. The number of rotatable bonds is 4. The maximum absolute atomic E-state index is 6.18. The Balaban J connectivity index is 1.44. The number of thiocarbonyl (C=S) groups is 1. The standard InChI is InChI=1S/C21H24ClN3S/c1-17-9-10-19(16-20(17)22)23-21(26)25-14-12-24(13-15-25)11-5-8-18-6-3-2-4-7-18/h2-10,16H,11-15H2,1H3,(H,23,26). The van der Waals surface area contributed by atoms with Crippen LogP contribution < -0.4 is 5.32 Å². The van der Waals surface area contributed by atoms with E-state index in [4.69, 9.17) is 23.8 Å². The van der Waals surface area contributed by atoms with Crippen LogP contribution in [0.4, 0.5) is 5.69 Å². The summed E-state index contributed by atoms with van der Waals surface area (Å²) in [6, 6.07) is 16.3. The molecule has 5 heteroatoms. The van der Waals surface area contributed by atoms with E-state index in [1.807, 2.05) is 31.2 Å². The van der Waals surface area contributed by atoms with Crippen LogP contribution >= 0.6 is 23.8 Å². The Morgan fingerprint density at radius 3 is 2.54 bits per heavy atom. The van der Waals surface area contributed by atoms with E-state index in [2.05, 4.69) is 51.5 Å². The molecule has 0 saturated carbocycles. The third kappa shape index (κ3) is 5.31. The van der Waals surface area contributed by atoms with Gasteiger partial charge in [0.15, 0.2) is 5.11 Å². The molecule has 26 heavy (non-hydrogen) atoms. The highest BCUT2D eigenvalue weighted by atomic mass is 35.5. The second-order valence-corrected chi connectivity index (χ2v) is 7.29. The maximum atomic E-state index is 6.18. The largest absolute Gasteiger partial charge is 0.346 e. The number of benzene rings is 2. The van der Waals surface area contributed by atoms with E-state index in [1.165, 1.54) is 5.56 Å². The minimum Gasteiger partial charge on any atom is -0.346 e. The third-order valence-electron chi connectivity index (χ3n) is 4.56. The average Bonchev–Trinajstić information content (AvgIpc) is 2.66. The molecule has 3 nitrogen and oxygen atoms in total. The van der Waals surface area contributed by atoms with Crippen LogP contribution in [0.2, 0.25) is 5.02 Å². The molecule has 1 saturated heterocycles. The van der Waals surface area contributed by atoms with Crippen LogP contribution in [-0.2, 0) is 0 Å². The lowest BCUT2D eigenvalue weighted by Gasteiger charge is -2.35. The first-order valence-electron chi connectivity index (χ1n) is 8.88. The van der Waals surface area contributed by atoms with Gasteiger partial charge in [-0.2, -0.15) is 0 Å². The van der Waals surface area contributed by atoms with Crippen LogP contribution in [-0.4, -0.2) is 47.6 Å². The second-order valence-electron chi connectivity index (χ2n) is 6.49. The quantitative estimate of drug-likeness (QED) is 0.770. The van der Waals surface area contributed by atoms with Crippen LogP contribution in [0, 0.1) is 6.92 Å². The van der Waals surface area contributed by atoms with E-state index in [9.17, 15) is 0 Å². The number of nitrogens with zero attached hydrogens (tertiary/aromatic N) is 2. The van der Waals surface area contributed by atoms with Crippen LogP contribution in [0.15, 0.2) is 54.6 Å². The maximum Gasteiger partial charge on any atom is 0.173 e. The lowest BCUT2D eigenvalue weighted by molar-refractivity contribution is 0.200. The Kier molecular flexibility index (Phi) is 6.67. The van der Waals surface area contributed by atoms with E-state index < -0.39 is 0 Å². The molecule has 0 bridgehead atoms. The predicted octanol–water partition coefficient (Wildman–Crippen LogP) is 4.68. The Morgan fingerprint density at radius 2 is 1.85 bits per heavy atom. The van der Waals surface area contributed by atoms with Crippen molar-refractivity contribution in [2.45, 2.75) is 6.92 Å². The Morgan fingerprint density at radius 1 is 1.12 bits per heavy atom. The van der Waals surface area contributed by atoms with Crippen LogP contribution in [0.1, 0.15) is 11.1 Å². The van der Waals surface area contributed by atoms with Gasteiger partial charge in [-0.3, -0.25) is 4.90 Å². The van der Waals surface area contributed by atoms with Gasteiger partial charge in [-0.05, 0) is 42.4 Å². The van der Waals surface area contributed by atoms with E-state index in [1.54, 1.807) is 0 Å². The van der Waals surface area contributed by atoms with Crippen molar-refractivity contribution in [3.8, 4) is 0 Å². The summed E-state index contributed by atoms with van der Waals surface area (Å²) in [4.78, 5) is 4.67. The van der Waals surface area contributed by atoms with Gasteiger partial charge >= 0.3 is 0 Å². The van der Waals surface area contributed by atoms with Gasteiger partial charge in [-0.1, -0.05) is 60.2 Å². The van der Waals surface area contributed by atoms with Crippen molar-refractivity contribution in [2.24, 2.45) is 0 Å². The summed E-state index contributed by atoms with van der Waals surface area (Å²) in [7, 11) is 0. The average molecular weight is 386 g/mol. The molecule has 1 heterocycles. The smallest absolute Gasteiger partial charge is 0.173 e. The topological polar surface area (TPSA) is 18.5 Å². The molecule has 0 atom stereocenters. The van der Waals surface area contributed by atoms with Crippen molar-refractivity contribution >= 4 is 40.7 Å². The SMILES string of the molecule is Cc1ccc(NC(=S)N2CCN(CC=Cc3ccccc3)CC2)cc1Cl. The van der Waals surface area contributed by atoms with Crippen molar-refractivity contribution in [1.82, 2.24) is 9.80 Å². The van der Waals surface area contributed by atoms with Gasteiger partial charge in [0.25, 0.3) is 0 Å². The minimum atomic E-state index is 0.757. The van der Waals surface area contributed by atoms with Gasteiger partial charge in [0, 0.05) is 43.4 Å². The number of aryl methyl sites for hydroxylation is 1. The zero-order valence-electron chi connectivity index (χ0n) is 15.0. The van der Waals surface area contributed by atoms with Crippen molar-refractivity contribution in [1.29, 1.82) is 0 Å². The first-order valence-corrected chi connectivity index (χ1v) is 9.66. The van der Waals surface area contributed by atoms with Gasteiger partial charge in [0.1, 0.15) is 0 Å². The molecule has 0 unspecified atom stereocenters. The van der Waals surface area contributed by atoms with Crippen molar-refractivity contribution in [3.05, 3.63) is 70.8 Å². The van der Waals surface area contributed by atoms with Gasteiger partial charge < -0.3 is 10.2 Å². The Hall–Kier alpha value is -1.88. The highest BCUT2D eigenvalue weighted by Gasteiger charge is 2.18. The Labute approximate surface area is 166 Å². The van der Waals surface area contributed by atoms with Gasteiger partial charge in [0.05, 0.1) is 0 Å². The molecule has 1 N–H and O–H groups in total. The lowest BCUT2D eigenvalue weighted by Crippen LogP contribution is -2.49. The molecular formula is C21H24ClN3S. The summed E-state index contributed by atoms with van der Waals surface area (Å²) in [6.45, 7) is 6.85. The van der Waals surface area contributed by atoms with Gasteiger partial charge in [-0.25, -0.2) is 0 Å². The molecule has 0 aliphatic carbocycles. The second kappa shape index (κ2) is 9.17. The monoisotopic (exact) mass is 385 g/mol. The fourth-order valence-corrected chi connectivity index (χ4v) is 3.39. The lowest BCUT2D eigenvalue weighted by atomic mass is 10.2. The number of halogens is 1. The zero-order chi connectivity index (χ0) is 18.4. The number of nitrogens with one attached hydrogen (secondary N) is 1. The van der Waals surface area contributed by atoms with E-state index in [-0.39, 0.29) is 0 Å². The molecule has 0 radical (unpaired) electrons. The Bertz CT molecular complexity index is 768. The molecule has 1 aliphatic heterocycles. The molecule has 136 valence electrons. The van der Waals surface area contributed by atoms with Crippen LogP contribution in [0.5, 0.6) is 0 Å². The molecule has 2 aromatic carbocycles. The predicted molar refractivity (Wildman–Crippen MR) is 116 cm³/mol. The van der Waals surface area contributed by atoms with Crippen molar-refractivity contribution in [2.75, 3.05) is 38.0 Å². The molecule has 1 aliphatic rings. The first kappa shape index (κ1) is 18.9. The fourth-order valence-electron chi connectivity index (χ4n) is 2.91. The number of anilines is 1. The normalized spacial score (nSPS) is 15.4. The molecule has 1 fully saturated rings. The molecule has 3 rings (SSSR count). The van der Waals surface area contributed by atoms with Crippen molar-refractivity contribution in [3.63, 3.8) is 0 Å². The van der Waals surface area contributed by atoms with Crippen molar-refractivity contribution < 1.29 is 0 Å². The summed E-state index contributed by atoms with van der Waals surface area (Å²) in [5.74, 6) is 0. The summed E-state index contributed by atoms with van der Waals surface area (Å²) in [5.41, 5.74) is 3.26. The summed E-state index contributed by atoms with van der Waals surface area (Å²) in [5, 5.41) is 4.82. The molecule has 0 spiro atoms. The van der Waals surface area contributed by atoms with Gasteiger partial charge in [0.2, 0.25) is 0 Å². The van der Waals surface area contributed by atoms with Crippen LogP contribution in [0.3, 0.4) is 0 Å². The summed E-state index contributed by atoms with van der Waals surface area (Å²) in [6.07, 6.45) is 4.41.